The first-order chi connectivity index (χ1) is 12.4. The van der Waals surface area contributed by atoms with Gasteiger partial charge in [0.25, 0.3) is 0 Å². The van der Waals surface area contributed by atoms with Crippen molar-refractivity contribution in [1.82, 2.24) is 9.80 Å². The molecule has 0 saturated carbocycles. The monoisotopic (exact) mass is 354 g/mol. The summed E-state index contributed by atoms with van der Waals surface area (Å²) < 4.78 is 0. The number of thioether (sulfide) groups is 1. The molecule has 0 amide bonds. The van der Waals surface area contributed by atoms with Gasteiger partial charge < -0.3 is 4.90 Å². The minimum atomic E-state index is 1.07. The van der Waals surface area contributed by atoms with Crippen molar-refractivity contribution in [3.05, 3.63) is 66.2 Å². The van der Waals surface area contributed by atoms with Crippen LogP contribution < -0.4 is 0 Å². The van der Waals surface area contributed by atoms with Crippen molar-refractivity contribution in [3.8, 4) is 0 Å². The Morgan fingerprint density at radius 1 is 0.840 bits per heavy atom. The molecule has 0 N–H and O–H groups in total. The summed E-state index contributed by atoms with van der Waals surface area (Å²) in [6, 6.07) is 21.7. The van der Waals surface area contributed by atoms with Crippen LogP contribution in [0, 0.1) is 0 Å². The predicted molar refractivity (Wildman–Crippen MR) is 109 cm³/mol. The minimum Gasteiger partial charge on any atom is -0.303 e. The Morgan fingerprint density at radius 2 is 1.52 bits per heavy atom. The molecule has 3 heteroatoms. The van der Waals surface area contributed by atoms with Crippen molar-refractivity contribution in [2.45, 2.75) is 30.7 Å². The van der Waals surface area contributed by atoms with Gasteiger partial charge in [-0.3, -0.25) is 4.90 Å². The summed E-state index contributed by atoms with van der Waals surface area (Å²) in [6.45, 7) is 7.29. The fourth-order valence-corrected chi connectivity index (χ4v) is 4.38. The van der Waals surface area contributed by atoms with Crippen LogP contribution in [-0.4, -0.2) is 48.3 Å². The van der Waals surface area contributed by atoms with Crippen LogP contribution in [0.5, 0.6) is 0 Å². The molecular weight excluding hydrogens is 324 g/mol. The van der Waals surface area contributed by atoms with Gasteiger partial charge in [-0.15, -0.1) is 11.8 Å². The molecule has 3 rings (SSSR count). The summed E-state index contributed by atoms with van der Waals surface area (Å²) in [6.07, 6.45) is 4.06. The highest BCUT2D eigenvalue weighted by Crippen LogP contribution is 2.17. The van der Waals surface area contributed by atoms with Crippen molar-refractivity contribution >= 4 is 11.8 Å². The highest BCUT2D eigenvalue weighted by atomic mass is 32.2. The van der Waals surface area contributed by atoms with E-state index in [4.69, 9.17) is 0 Å². The van der Waals surface area contributed by atoms with Gasteiger partial charge in [0.15, 0.2) is 0 Å². The first-order valence-electron chi connectivity index (χ1n) is 9.57. The van der Waals surface area contributed by atoms with Gasteiger partial charge in [-0.2, -0.15) is 0 Å². The molecule has 2 nitrogen and oxygen atoms in total. The van der Waals surface area contributed by atoms with Gasteiger partial charge in [0, 0.05) is 23.7 Å². The summed E-state index contributed by atoms with van der Waals surface area (Å²) in [7, 11) is 0. The number of likely N-dealkylation sites (tertiary alicyclic amines) is 1. The predicted octanol–water partition coefficient (Wildman–Crippen LogP) is 4.77. The number of nitrogens with zero attached hydrogens (tertiary/aromatic N) is 2. The fraction of sp³-hybridized carbons (Fsp3) is 0.455. The lowest BCUT2D eigenvalue weighted by Crippen LogP contribution is -2.30. The lowest BCUT2D eigenvalue weighted by Gasteiger charge is -2.24. The molecule has 2 aromatic rings. The van der Waals surface area contributed by atoms with Crippen molar-refractivity contribution in [3.63, 3.8) is 0 Å². The molecule has 1 saturated heterocycles. The molecule has 0 spiro atoms. The number of benzene rings is 2. The quantitative estimate of drug-likeness (QED) is 0.568. The molecule has 0 bridgehead atoms. The summed E-state index contributed by atoms with van der Waals surface area (Å²) >= 11 is 1.97. The second-order valence-corrected chi connectivity index (χ2v) is 7.99. The zero-order valence-corrected chi connectivity index (χ0v) is 16.0. The molecule has 1 fully saturated rings. The van der Waals surface area contributed by atoms with Gasteiger partial charge in [-0.1, -0.05) is 48.5 Å². The standard InChI is InChI=1S/C22H30N2S/c1-3-10-21(11-4-1)20-24(17-9-16-23-14-7-8-15-23)18-19-25-22-12-5-2-6-13-22/h1-6,10-13H,7-9,14-20H2. The Labute approximate surface area is 157 Å². The zero-order valence-electron chi connectivity index (χ0n) is 15.1. The Balaban J connectivity index is 1.46. The van der Waals surface area contributed by atoms with Crippen molar-refractivity contribution in [2.75, 3.05) is 38.5 Å². The number of hydrogen-bond donors (Lipinski definition) is 0. The SMILES string of the molecule is c1ccc(CN(CCCN2CCCC2)CCSc2ccccc2)cc1. The van der Waals surface area contributed by atoms with Crippen LogP contribution in [0.15, 0.2) is 65.6 Å². The van der Waals surface area contributed by atoms with Crippen molar-refractivity contribution in [2.24, 2.45) is 0 Å². The van der Waals surface area contributed by atoms with E-state index in [0.717, 1.165) is 18.8 Å². The van der Waals surface area contributed by atoms with E-state index in [9.17, 15) is 0 Å². The van der Waals surface area contributed by atoms with E-state index in [1.807, 2.05) is 11.8 Å². The van der Waals surface area contributed by atoms with Crippen LogP contribution in [0.25, 0.3) is 0 Å². The largest absolute Gasteiger partial charge is 0.303 e. The normalized spacial score (nSPS) is 15.1. The van der Waals surface area contributed by atoms with E-state index in [1.165, 1.54) is 55.9 Å². The van der Waals surface area contributed by atoms with Crippen molar-refractivity contribution in [1.29, 1.82) is 0 Å². The lowest BCUT2D eigenvalue weighted by atomic mass is 10.2. The van der Waals surface area contributed by atoms with Crippen LogP contribution >= 0.6 is 11.8 Å². The summed E-state index contributed by atoms with van der Waals surface area (Å²) in [5, 5.41) is 0. The molecule has 2 aromatic carbocycles. The highest BCUT2D eigenvalue weighted by Gasteiger charge is 2.12. The molecular formula is C22H30N2S. The van der Waals surface area contributed by atoms with Gasteiger partial charge in [0.1, 0.15) is 0 Å². The third kappa shape index (κ3) is 6.85. The van der Waals surface area contributed by atoms with Gasteiger partial charge >= 0.3 is 0 Å². The van der Waals surface area contributed by atoms with Crippen molar-refractivity contribution < 1.29 is 0 Å². The van der Waals surface area contributed by atoms with E-state index in [0.29, 0.717) is 0 Å². The Kier molecular flexibility index (Phi) is 7.88. The van der Waals surface area contributed by atoms with Gasteiger partial charge in [-0.25, -0.2) is 0 Å². The summed E-state index contributed by atoms with van der Waals surface area (Å²) in [5.74, 6) is 1.15. The Bertz CT molecular complexity index is 581. The average Bonchev–Trinajstić information content (AvgIpc) is 3.17. The van der Waals surface area contributed by atoms with Crippen LogP contribution in [0.2, 0.25) is 0 Å². The average molecular weight is 355 g/mol. The van der Waals surface area contributed by atoms with Crippen LogP contribution in [0.4, 0.5) is 0 Å². The van der Waals surface area contributed by atoms with E-state index in [2.05, 4.69) is 70.5 Å². The zero-order chi connectivity index (χ0) is 17.2. The van der Waals surface area contributed by atoms with E-state index in [-0.39, 0.29) is 0 Å². The van der Waals surface area contributed by atoms with E-state index >= 15 is 0 Å². The Morgan fingerprint density at radius 3 is 2.24 bits per heavy atom. The van der Waals surface area contributed by atoms with Crippen LogP contribution in [0.3, 0.4) is 0 Å². The maximum atomic E-state index is 2.63. The first-order valence-corrected chi connectivity index (χ1v) is 10.6. The van der Waals surface area contributed by atoms with E-state index < -0.39 is 0 Å². The lowest BCUT2D eigenvalue weighted by molar-refractivity contribution is 0.249. The second-order valence-electron chi connectivity index (χ2n) is 6.83. The highest BCUT2D eigenvalue weighted by molar-refractivity contribution is 7.99. The van der Waals surface area contributed by atoms with Gasteiger partial charge in [0.05, 0.1) is 0 Å². The molecule has 0 unspecified atom stereocenters. The maximum absolute atomic E-state index is 2.63. The topological polar surface area (TPSA) is 6.48 Å². The summed E-state index contributed by atoms with van der Waals surface area (Å²) in [5.41, 5.74) is 1.42. The maximum Gasteiger partial charge on any atom is 0.0234 e. The molecule has 25 heavy (non-hydrogen) atoms. The molecule has 1 aliphatic heterocycles. The van der Waals surface area contributed by atoms with Crippen LogP contribution in [0.1, 0.15) is 24.8 Å². The fourth-order valence-electron chi connectivity index (χ4n) is 3.45. The number of hydrogen-bond acceptors (Lipinski definition) is 3. The third-order valence-electron chi connectivity index (χ3n) is 4.82. The molecule has 0 radical (unpaired) electrons. The second kappa shape index (κ2) is 10.6. The van der Waals surface area contributed by atoms with Gasteiger partial charge in [-0.05, 0) is 63.1 Å². The molecule has 0 atom stereocenters. The molecule has 1 heterocycles. The molecule has 0 aliphatic carbocycles. The Hall–Kier alpha value is -1.29. The molecule has 0 aromatic heterocycles. The summed E-state index contributed by atoms with van der Waals surface area (Å²) in [4.78, 5) is 6.63. The van der Waals surface area contributed by atoms with E-state index in [1.54, 1.807) is 0 Å². The van der Waals surface area contributed by atoms with Gasteiger partial charge in [0.2, 0.25) is 0 Å². The number of rotatable bonds is 10. The first kappa shape index (κ1) is 18.5. The molecule has 134 valence electrons. The third-order valence-corrected chi connectivity index (χ3v) is 5.81. The minimum absolute atomic E-state index is 1.07. The molecule has 1 aliphatic rings. The smallest absolute Gasteiger partial charge is 0.0234 e. The van der Waals surface area contributed by atoms with Crippen LogP contribution in [-0.2, 0) is 6.54 Å².